The zero-order chi connectivity index (χ0) is 18.5. The normalized spacial score (nSPS) is 12.8. The molecule has 0 saturated carbocycles. The van der Waals surface area contributed by atoms with Gasteiger partial charge in [0.1, 0.15) is 6.04 Å². The summed E-state index contributed by atoms with van der Waals surface area (Å²) in [4.78, 5) is 25.8. The van der Waals surface area contributed by atoms with Gasteiger partial charge in [0, 0.05) is 25.7 Å². The van der Waals surface area contributed by atoms with Gasteiger partial charge in [0.25, 0.3) is 0 Å². The van der Waals surface area contributed by atoms with Gasteiger partial charge < -0.3 is 10.2 Å². The van der Waals surface area contributed by atoms with E-state index in [0.717, 1.165) is 16.1 Å². The highest BCUT2D eigenvalue weighted by Gasteiger charge is 2.27. The minimum atomic E-state index is -3.49. The maximum absolute atomic E-state index is 12.5. The molecule has 1 atom stereocenters. The van der Waals surface area contributed by atoms with Crippen LogP contribution >= 0.6 is 11.6 Å². The Kier molecular flexibility index (Phi) is 7.19. The predicted octanol–water partition coefficient (Wildman–Crippen LogP) is 0.694. The van der Waals surface area contributed by atoms with Crippen LogP contribution in [0.5, 0.6) is 0 Å². The van der Waals surface area contributed by atoms with Gasteiger partial charge in [0.05, 0.1) is 12.8 Å². The Morgan fingerprint density at radius 1 is 1.25 bits per heavy atom. The summed E-state index contributed by atoms with van der Waals surface area (Å²) in [6.07, 6.45) is 1.02. The number of likely N-dealkylation sites (N-methyl/N-ethyl adjacent to an activating group) is 2. The number of hydrogen-bond acceptors (Lipinski definition) is 4. The van der Waals surface area contributed by atoms with Gasteiger partial charge in [0.15, 0.2) is 0 Å². The lowest BCUT2D eigenvalue weighted by Gasteiger charge is -2.29. The first-order valence-corrected chi connectivity index (χ1v) is 9.45. The summed E-state index contributed by atoms with van der Waals surface area (Å²) in [5, 5.41) is 3.06. The molecule has 24 heavy (non-hydrogen) atoms. The molecule has 0 bridgehead atoms. The standard InChI is InChI=1S/C15H22ClN3O4S/c1-11(15(21)17-2)19(9-12-5-7-13(16)8-6-12)14(20)10-18(3)24(4,22)23/h5-8,11H,9-10H2,1-4H3,(H,17,21)/t11-/m0/s1. The van der Waals surface area contributed by atoms with Gasteiger partial charge >= 0.3 is 0 Å². The van der Waals surface area contributed by atoms with Gasteiger partial charge in [-0.3, -0.25) is 9.59 Å². The van der Waals surface area contributed by atoms with Gasteiger partial charge in [-0.05, 0) is 24.6 Å². The van der Waals surface area contributed by atoms with E-state index in [9.17, 15) is 18.0 Å². The van der Waals surface area contributed by atoms with Crippen molar-refractivity contribution in [3.05, 3.63) is 34.9 Å². The lowest BCUT2D eigenvalue weighted by atomic mass is 10.1. The van der Waals surface area contributed by atoms with Crippen molar-refractivity contribution in [3.63, 3.8) is 0 Å². The maximum atomic E-state index is 12.5. The van der Waals surface area contributed by atoms with Crippen LogP contribution in [0, 0.1) is 0 Å². The molecule has 1 aromatic carbocycles. The van der Waals surface area contributed by atoms with Gasteiger partial charge in [-0.1, -0.05) is 23.7 Å². The quantitative estimate of drug-likeness (QED) is 0.759. The molecule has 0 fully saturated rings. The molecule has 9 heteroatoms. The molecule has 0 aliphatic carbocycles. The summed E-state index contributed by atoms with van der Waals surface area (Å²) < 4.78 is 24.0. The van der Waals surface area contributed by atoms with Crippen molar-refractivity contribution in [1.82, 2.24) is 14.5 Å². The third-order valence-corrected chi connectivity index (χ3v) is 5.12. The van der Waals surface area contributed by atoms with Crippen molar-refractivity contribution in [1.29, 1.82) is 0 Å². The van der Waals surface area contributed by atoms with Crippen LogP contribution in [0.4, 0.5) is 0 Å². The highest BCUT2D eigenvalue weighted by atomic mass is 35.5. The van der Waals surface area contributed by atoms with Crippen molar-refractivity contribution in [2.75, 3.05) is 26.9 Å². The van der Waals surface area contributed by atoms with E-state index in [2.05, 4.69) is 5.32 Å². The smallest absolute Gasteiger partial charge is 0.242 e. The first kappa shape index (κ1) is 20.4. The molecule has 7 nitrogen and oxygen atoms in total. The molecule has 2 amide bonds. The molecule has 0 unspecified atom stereocenters. The molecule has 0 aliphatic heterocycles. The molecule has 0 heterocycles. The first-order chi connectivity index (χ1) is 11.1. The van der Waals surface area contributed by atoms with Crippen LogP contribution in [0.2, 0.25) is 5.02 Å². The van der Waals surface area contributed by atoms with E-state index in [1.807, 2.05) is 0 Å². The van der Waals surface area contributed by atoms with E-state index in [1.165, 1.54) is 19.0 Å². The lowest BCUT2D eigenvalue weighted by molar-refractivity contribution is -0.140. The number of nitrogens with zero attached hydrogens (tertiary/aromatic N) is 2. The van der Waals surface area contributed by atoms with Crippen molar-refractivity contribution in [2.45, 2.75) is 19.5 Å². The fourth-order valence-corrected chi connectivity index (χ4v) is 2.45. The third-order valence-electron chi connectivity index (χ3n) is 3.60. The second kappa shape index (κ2) is 8.46. The van der Waals surface area contributed by atoms with Crippen LogP contribution in [-0.2, 0) is 26.2 Å². The second-order valence-electron chi connectivity index (χ2n) is 5.46. The minimum absolute atomic E-state index is 0.169. The van der Waals surface area contributed by atoms with Gasteiger partial charge in [-0.2, -0.15) is 4.31 Å². The molecule has 134 valence electrons. The number of nitrogens with one attached hydrogen (secondary N) is 1. The number of rotatable bonds is 7. The fraction of sp³-hybridized carbons (Fsp3) is 0.467. The van der Waals surface area contributed by atoms with Crippen LogP contribution < -0.4 is 5.32 Å². The largest absolute Gasteiger partial charge is 0.357 e. The molecule has 0 saturated heterocycles. The van der Waals surface area contributed by atoms with E-state index in [1.54, 1.807) is 31.2 Å². The summed E-state index contributed by atoms with van der Waals surface area (Å²) in [6, 6.07) is 6.13. The predicted molar refractivity (Wildman–Crippen MR) is 93.0 cm³/mol. The molecule has 1 N–H and O–H groups in total. The number of carbonyl (C=O) groups is 2. The SMILES string of the molecule is CNC(=O)[C@H](C)N(Cc1ccc(Cl)cc1)C(=O)CN(C)S(C)(=O)=O. The van der Waals surface area contributed by atoms with Crippen LogP contribution in [0.3, 0.4) is 0 Å². The Labute approximate surface area is 147 Å². The summed E-state index contributed by atoms with van der Waals surface area (Å²) in [5.74, 6) is -0.798. The monoisotopic (exact) mass is 375 g/mol. The number of halogens is 1. The van der Waals surface area contributed by atoms with Crippen LogP contribution in [-0.4, -0.2) is 62.4 Å². The molecular formula is C15H22ClN3O4S. The van der Waals surface area contributed by atoms with Crippen molar-refractivity contribution in [3.8, 4) is 0 Å². The van der Waals surface area contributed by atoms with E-state index >= 15 is 0 Å². The van der Waals surface area contributed by atoms with E-state index < -0.39 is 22.0 Å². The molecular weight excluding hydrogens is 354 g/mol. The highest BCUT2D eigenvalue weighted by molar-refractivity contribution is 7.88. The number of sulfonamides is 1. The fourth-order valence-electron chi connectivity index (χ4n) is 1.98. The maximum Gasteiger partial charge on any atom is 0.242 e. The average Bonchev–Trinajstić information content (AvgIpc) is 2.51. The Bertz CT molecular complexity index is 691. The summed E-state index contributed by atoms with van der Waals surface area (Å²) in [6.45, 7) is 1.42. The molecule has 1 aromatic rings. The van der Waals surface area contributed by atoms with E-state index in [-0.39, 0.29) is 19.0 Å². The summed E-state index contributed by atoms with van der Waals surface area (Å²) in [5.41, 5.74) is 0.783. The summed E-state index contributed by atoms with van der Waals surface area (Å²) >= 11 is 5.85. The topological polar surface area (TPSA) is 86.8 Å². The van der Waals surface area contributed by atoms with Crippen molar-refractivity contribution >= 4 is 33.4 Å². The molecule has 0 spiro atoms. The third kappa shape index (κ3) is 5.77. The Morgan fingerprint density at radius 3 is 2.25 bits per heavy atom. The van der Waals surface area contributed by atoms with Crippen molar-refractivity contribution < 1.29 is 18.0 Å². The van der Waals surface area contributed by atoms with Gasteiger partial charge in [0.2, 0.25) is 21.8 Å². The second-order valence-corrected chi connectivity index (χ2v) is 7.98. The number of carbonyl (C=O) groups excluding carboxylic acids is 2. The van der Waals surface area contributed by atoms with Gasteiger partial charge in [-0.15, -0.1) is 0 Å². The van der Waals surface area contributed by atoms with Crippen LogP contribution in [0.25, 0.3) is 0 Å². The van der Waals surface area contributed by atoms with Crippen LogP contribution in [0.15, 0.2) is 24.3 Å². The Hall–Kier alpha value is -1.64. The number of hydrogen-bond donors (Lipinski definition) is 1. The zero-order valence-corrected chi connectivity index (χ0v) is 15.7. The molecule has 0 aliphatic rings. The Morgan fingerprint density at radius 2 is 1.79 bits per heavy atom. The average molecular weight is 376 g/mol. The lowest BCUT2D eigenvalue weighted by Crippen LogP contribution is -2.50. The minimum Gasteiger partial charge on any atom is -0.357 e. The summed E-state index contributed by atoms with van der Waals surface area (Å²) in [7, 11) is -0.697. The van der Waals surface area contributed by atoms with E-state index in [0.29, 0.717) is 5.02 Å². The van der Waals surface area contributed by atoms with Crippen molar-refractivity contribution in [2.24, 2.45) is 0 Å². The van der Waals surface area contributed by atoms with Crippen LogP contribution in [0.1, 0.15) is 12.5 Å². The van der Waals surface area contributed by atoms with Gasteiger partial charge in [-0.25, -0.2) is 8.42 Å². The molecule has 1 rings (SSSR count). The zero-order valence-electron chi connectivity index (χ0n) is 14.1. The Balaban J connectivity index is 3.02. The number of benzene rings is 1. The molecule has 0 radical (unpaired) electrons. The number of amides is 2. The first-order valence-electron chi connectivity index (χ1n) is 7.23. The molecule has 0 aromatic heterocycles. The highest BCUT2D eigenvalue weighted by Crippen LogP contribution is 2.14. The van der Waals surface area contributed by atoms with E-state index in [4.69, 9.17) is 11.6 Å².